The maximum absolute atomic E-state index is 13.5. The van der Waals surface area contributed by atoms with Gasteiger partial charge in [0.2, 0.25) is 5.95 Å². The molecule has 1 aliphatic heterocycles. The Morgan fingerprint density at radius 3 is 2.60 bits per heavy atom. The molecule has 3 heterocycles. The molecule has 0 bridgehead atoms. The fourth-order valence-electron chi connectivity index (χ4n) is 4.02. The first kappa shape index (κ1) is 22.6. The highest BCUT2D eigenvalue weighted by Gasteiger charge is 2.34. The summed E-state index contributed by atoms with van der Waals surface area (Å²) in [4.78, 5) is 22.3. The Labute approximate surface area is 207 Å². The number of nitrogens with zero attached hydrogens (tertiary/aromatic N) is 4. The molecule has 5 rings (SSSR count). The predicted octanol–water partition coefficient (Wildman–Crippen LogP) is 5.32. The summed E-state index contributed by atoms with van der Waals surface area (Å²) in [6.07, 6.45) is 3.26. The highest BCUT2D eigenvalue weighted by Crippen LogP contribution is 2.37. The van der Waals surface area contributed by atoms with E-state index < -0.39 is 6.04 Å². The number of carbonyl (C=O) groups excluding carboxylic acids is 1. The van der Waals surface area contributed by atoms with E-state index >= 15 is 0 Å². The number of hydrogen-bond donors (Lipinski definition) is 2. The van der Waals surface area contributed by atoms with Crippen molar-refractivity contribution in [3.63, 3.8) is 0 Å². The van der Waals surface area contributed by atoms with E-state index in [1.807, 2.05) is 50.2 Å². The second-order valence-corrected chi connectivity index (χ2v) is 8.41. The van der Waals surface area contributed by atoms with Crippen molar-refractivity contribution in [2.75, 3.05) is 17.2 Å². The van der Waals surface area contributed by atoms with Crippen molar-refractivity contribution in [2.45, 2.75) is 19.9 Å². The number of fused-ring (bicyclic) bond motifs is 1. The summed E-state index contributed by atoms with van der Waals surface area (Å²) in [5.74, 6) is 1.61. The van der Waals surface area contributed by atoms with Crippen LogP contribution >= 0.6 is 11.6 Å². The molecule has 2 aromatic heterocycles. The van der Waals surface area contributed by atoms with Crippen molar-refractivity contribution < 1.29 is 9.53 Å². The highest BCUT2D eigenvalue weighted by atomic mass is 35.5. The van der Waals surface area contributed by atoms with E-state index in [4.69, 9.17) is 26.4 Å². The Kier molecular flexibility index (Phi) is 6.20. The van der Waals surface area contributed by atoms with E-state index in [-0.39, 0.29) is 5.91 Å². The van der Waals surface area contributed by atoms with Gasteiger partial charge in [-0.05, 0) is 67.9 Å². The van der Waals surface area contributed by atoms with Gasteiger partial charge in [-0.3, -0.25) is 9.78 Å². The number of rotatable bonds is 6. The lowest BCUT2D eigenvalue weighted by Gasteiger charge is -2.28. The number of halogens is 1. The van der Waals surface area contributed by atoms with Crippen LogP contribution in [0.5, 0.6) is 5.75 Å². The molecule has 0 saturated heterocycles. The zero-order valence-electron chi connectivity index (χ0n) is 19.2. The topological polar surface area (TPSA) is 94.0 Å². The van der Waals surface area contributed by atoms with E-state index in [0.29, 0.717) is 40.4 Å². The van der Waals surface area contributed by atoms with Crippen molar-refractivity contribution in [3.8, 4) is 17.1 Å². The Balaban J connectivity index is 1.56. The summed E-state index contributed by atoms with van der Waals surface area (Å²) in [7, 11) is 0. The third-order valence-electron chi connectivity index (χ3n) is 5.63. The molecule has 4 aromatic rings. The van der Waals surface area contributed by atoms with Gasteiger partial charge in [0.25, 0.3) is 5.91 Å². The van der Waals surface area contributed by atoms with Crippen molar-refractivity contribution in [3.05, 3.63) is 94.9 Å². The number of aromatic nitrogens is 4. The van der Waals surface area contributed by atoms with Crippen molar-refractivity contribution >= 4 is 29.1 Å². The lowest BCUT2D eigenvalue weighted by Crippen LogP contribution is -2.31. The van der Waals surface area contributed by atoms with Crippen LogP contribution in [-0.4, -0.2) is 32.3 Å². The number of carbonyl (C=O) groups is 1. The molecule has 0 radical (unpaired) electrons. The van der Waals surface area contributed by atoms with Crippen LogP contribution in [0.15, 0.2) is 84.3 Å². The molecule has 1 amide bonds. The van der Waals surface area contributed by atoms with E-state index in [1.165, 1.54) is 0 Å². The van der Waals surface area contributed by atoms with Crippen LogP contribution in [0.1, 0.15) is 25.5 Å². The molecule has 0 saturated carbocycles. The van der Waals surface area contributed by atoms with Gasteiger partial charge in [-0.25, -0.2) is 4.68 Å². The quantitative estimate of drug-likeness (QED) is 0.383. The monoisotopic (exact) mass is 486 g/mol. The molecule has 0 spiro atoms. The Hall–Kier alpha value is -4.17. The van der Waals surface area contributed by atoms with Crippen LogP contribution in [0.4, 0.5) is 11.6 Å². The molecule has 1 unspecified atom stereocenters. The number of pyridine rings is 1. The number of hydrogen-bond acceptors (Lipinski definition) is 6. The fraction of sp³-hybridized carbons (Fsp3) is 0.154. The van der Waals surface area contributed by atoms with Crippen LogP contribution in [0.2, 0.25) is 5.02 Å². The number of allylic oxidation sites excluding steroid dienone is 1. The maximum Gasteiger partial charge on any atom is 0.255 e. The Morgan fingerprint density at radius 2 is 1.91 bits per heavy atom. The molecular formula is C26H23ClN6O2. The molecule has 1 aliphatic rings. The number of amides is 1. The SMILES string of the molecule is CCOc1ccc(-c2nc3n(n2)C(c2ccc(Cl)cc2)C(C(=O)Nc2cccnc2)=C(C)N3)cc1. The van der Waals surface area contributed by atoms with Gasteiger partial charge in [-0.2, -0.15) is 4.98 Å². The fourth-order valence-corrected chi connectivity index (χ4v) is 4.15. The average Bonchev–Trinajstić information content (AvgIpc) is 3.28. The molecule has 0 aliphatic carbocycles. The number of anilines is 2. The summed E-state index contributed by atoms with van der Waals surface area (Å²) >= 11 is 6.15. The highest BCUT2D eigenvalue weighted by molar-refractivity contribution is 6.30. The summed E-state index contributed by atoms with van der Waals surface area (Å²) in [6, 6.07) is 18.0. The van der Waals surface area contributed by atoms with Gasteiger partial charge in [-0.15, -0.1) is 5.10 Å². The standard InChI is InChI=1S/C26H23ClN6O2/c1-3-35-21-12-8-18(9-13-21)24-31-26-29-16(2)22(25(34)30-20-5-4-14-28-15-20)23(33(26)32-24)17-6-10-19(27)11-7-17/h4-15,23H,3H2,1-2H3,(H,30,34)(H,29,31,32). The third kappa shape index (κ3) is 4.61. The molecule has 2 N–H and O–H groups in total. The first-order valence-electron chi connectivity index (χ1n) is 11.2. The lowest BCUT2D eigenvalue weighted by atomic mass is 9.95. The van der Waals surface area contributed by atoms with E-state index in [2.05, 4.69) is 15.6 Å². The van der Waals surface area contributed by atoms with Crippen LogP contribution in [0, 0.1) is 0 Å². The zero-order valence-corrected chi connectivity index (χ0v) is 20.0. The summed E-state index contributed by atoms with van der Waals surface area (Å²) in [5, 5.41) is 11.6. The van der Waals surface area contributed by atoms with Gasteiger partial charge in [0.05, 0.1) is 24.1 Å². The maximum atomic E-state index is 13.5. The summed E-state index contributed by atoms with van der Waals surface area (Å²) in [6.45, 7) is 4.40. The molecule has 0 fully saturated rings. The van der Waals surface area contributed by atoms with Crippen LogP contribution in [0.3, 0.4) is 0 Å². The van der Waals surface area contributed by atoms with Crippen LogP contribution in [0.25, 0.3) is 11.4 Å². The van der Waals surface area contributed by atoms with Gasteiger partial charge in [-0.1, -0.05) is 23.7 Å². The number of ether oxygens (including phenoxy) is 1. The smallest absolute Gasteiger partial charge is 0.255 e. The molecule has 8 nitrogen and oxygen atoms in total. The molecule has 2 aromatic carbocycles. The van der Waals surface area contributed by atoms with E-state index in [9.17, 15) is 4.79 Å². The number of benzene rings is 2. The minimum absolute atomic E-state index is 0.258. The van der Waals surface area contributed by atoms with Gasteiger partial charge in [0, 0.05) is 22.5 Å². The minimum Gasteiger partial charge on any atom is -0.494 e. The Morgan fingerprint density at radius 1 is 1.14 bits per heavy atom. The van der Waals surface area contributed by atoms with Gasteiger partial charge in [0.1, 0.15) is 11.8 Å². The molecule has 176 valence electrons. The molecule has 35 heavy (non-hydrogen) atoms. The van der Waals surface area contributed by atoms with Gasteiger partial charge in [0.15, 0.2) is 5.82 Å². The number of nitrogens with one attached hydrogen (secondary N) is 2. The van der Waals surface area contributed by atoms with E-state index in [0.717, 1.165) is 16.9 Å². The normalized spacial score (nSPS) is 14.8. The molecular weight excluding hydrogens is 464 g/mol. The second kappa shape index (κ2) is 9.60. The predicted molar refractivity (Wildman–Crippen MR) is 135 cm³/mol. The zero-order chi connectivity index (χ0) is 24.4. The largest absolute Gasteiger partial charge is 0.494 e. The van der Waals surface area contributed by atoms with Crippen molar-refractivity contribution in [2.24, 2.45) is 0 Å². The van der Waals surface area contributed by atoms with E-state index in [1.54, 1.807) is 41.3 Å². The van der Waals surface area contributed by atoms with Crippen molar-refractivity contribution in [1.29, 1.82) is 0 Å². The summed E-state index contributed by atoms with van der Waals surface area (Å²) < 4.78 is 7.28. The molecule has 9 heteroatoms. The molecule has 1 atom stereocenters. The Bertz CT molecular complexity index is 1380. The first-order valence-corrected chi connectivity index (χ1v) is 11.6. The van der Waals surface area contributed by atoms with Crippen LogP contribution in [-0.2, 0) is 4.79 Å². The lowest BCUT2D eigenvalue weighted by molar-refractivity contribution is -0.113. The second-order valence-electron chi connectivity index (χ2n) is 7.97. The van der Waals surface area contributed by atoms with Crippen molar-refractivity contribution in [1.82, 2.24) is 19.7 Å². The third-order valence-corrected chi connectivity index (χ3v) is 5.88. The first-order chi connectivity index (χ1) is 17.0. The minimum atomic E-state index is -0.510. The van der Waals surface area contributed by atoms with Gasteiger partial charge < -0.3 is 15.4 Å². The summed E-state index contributed by atoms with van der Waals surface area (Å²) in [5.41, 5.74) is 3.51. The average molecular weight is 487 g/mol. The van der Waals surface area contributed by atoms with Gasteiger partial charge >= 0.3 is 0 Å². The van der Waals surface area contributed by atoms with Crippen LogP contribution < -0.4 is 15.4 Å².